The third-order valence-electron chi connectivity index (χ3n) is 4.39. The molecule has 0 spiro atoms. The molecule has 8 heteroatoms. The Hall–Kier alpha value is -2.84. The summed E-state index contributed by atoms with van der Waals surface area (Å²) in [5.74, 6) is 0.393. The Morgan fingerprint density at radius 3 is 2.48 bits per heavy atom. The smallest absolute Gasteiger partial charge is 0.262 e. The fourth-order valence-electron chi connectivity index (χ4n) is 2.82. The van der Waals surface area contributed by atoms with Gasteiger partial charge >= 0.3 is 0 Å². The number of amides is 1. The summed E-state index contributed by atoms with van der Waals surface area (Å²) in [5, 5.41) is 1.95. The van der Waals surface area contributed by atoms with Crippen molar-refractivity contribution in [3.8, 4) is 5.75 Å². The zero-order valence-corrected chi connectivity index (χ0v) is 18.0. The number of nitrogens with zero attached hydrogens (tertiary/aromatic N) is 1. The van der Waals surface area contributed by atoms with Crippen molar-refractivity contribution in [2.75, 3.05) is 18.9 Å². The van der Waals surface area contributed by atoms with Crippen molar-refractivity contribution in [3.05, 3.63) is 76.0 Å². The number of carbonyl (C=O) groups excluding carboxylic acids is 1. The molecule has 3 rings (SSSR count). The number of thiophene rings is 1. The molecule has 1 amide bonds. The van der Waals surface area contributed by atoms with Crippen LogP contribution in [0.5, 0.6) is 5.75 Å². The molecule has 0 bridgehead atoms. The second-order valence-corrected chi connectivity index (χ2v) is 9.24. The second kappa shape index (κ2) is 8.67. The van der Waals surface area contributed by atoms with Crippen LogP contribution in [0, 0.1) is 6.92 Å². The number of aryl methyl sites for hydroxylation is 1. The first-order chi connectivity index (χ1) is 13.8. The van der Waals surface area contributed by atoms with E-state index in [1.807, 2.05) is 17.5 Å². The van der Waals surface area contributed by atoms with Crippen LogP contribution in [-0.4, -0.2) is 33.4 Å². The molecular weight excluding hydrogens is 408 g/mol. The summed E-state index contributed by atoms with van der Waals surface area (Å²) in [6, 6.07) is 15.2. The fourth-order valence-corrected chi connectivity index (χ4v) is 4.91. The summed E-state index contributed by atoms with van der Waals surface area (Å²) in [7, 11) is -0.612. The highest BCUT2D eigenvalue weighted by molar-refractivity contribution is 7.92. The van der Waals surface area contributed by atoms with E-state index in [4.69, 9.17) is 4.74 Å². The highest BCUT2D eigenvalue weighted by Crippen LogP contribution is 2.23. The van der Waals surface area contributed by atoms with Crippen LogP contribution >= 0.6 is 11.3 Å². The van der Waals surface area contributed by atoms with Crippen LogP contribution < -0.4 is 9.46 Å². The van der Waals surface area contributed by atoms with Gasteiger partial charge in [0.15, 0.2) is 0 Å². The molecule has 0 unspecified atom stereocenters. The van der Waals surface area contributed by atoms with Gasteiger partial charge in [-0.05, 0) is 60.3 Å². The van der Waals surface area contributed by atoms with Gasteiger partial charge in [0.05, 0.1) is 18.6 Å². The topological polar surface area (TPSA) is 75.7 Å². The Kier molecular flexibility index (Phi) is 6.24. The van der Waals surface area contributed by atoms with Crippen molar-refractivity contribution in [1.29, 1.82) is 0 Å². The van der Waals surface area contributed by atoms with E-state index in [-0.39, 0.29) is 10.8 Å². The van der Waals surface area contributed by atoms with Crippen LogP contribution in [0.3, 0.4) is 0 Å². The van der Waals surface area contributed by atoms with E-state index < -0.39 is 10.0 Å². The normalized spacial score (nSPS) is 11.1. The maximum Gasteiger partial charge on any atom is 0.262 e. The number of hydrogen-bond acceptors (Lipinski definition) is 5. The van der Waals surface area contributed by atoms with E-state index in [9.17, 15) is 13.2 Å². The van der Waals surface area contributed by atoms with Crippen molar-refractivity contribution in [2.45, 2.75) is 18.4 Å². The Balaban J connectivity index is 1.84. The van der Waals surface area contributed by atoms with Gasteiger partial charge in [0, 0.05) is 23.2 Å². The van der Waals surface area contributed by atoms with Crippen molar-refractivity contribution in [1.82, 2.24) is 4.90 Å². The second-order valence-electron chi connectivity index (χ2n) is 6.55. The molecule has 1 N–H and O–H groups in total. The lowest BCUT2D eigenvalue weighted by atomic mass is 10.1. The summed E-state index contributed by atoms with van der Waals surface area (Å²) in [5.41, 5.74) is 1.30. The van der Waals surface area contributed by atoms with E-state index in [0.29, 0.717) is 29.1 Å². The first-order valence-corrected chi connectivity index (χ1v) is 11.2. The Labute approximate surface area is 174 Å². The lowest BCUT2D eigenvalue weighted by molar-refractivity contribution is 0.0786. The zero-order valence-electron chi connectivity index (χ0n) is 16.4. The molecule has 2 aromatic carbocycles. The quantitative estimate of drug-likeness (QED) is 0.611. The summed E-state index contributed by atoms with van der Waals surface area (Å²) in [6.07, 6.45) is 0. The average Bonchev–Trinajstić information content (AvgIpc) is 3.21. The molecule has 3 aromatic rings. The highest BCUT2D eigenvalue weighted by atomic mass is 32.2. The molecular formula is C21H22N2O4S2. The number of carbonyl (C=O) groups is 1. The molecule has 0 saturated heterocycles. The Morgan fingerprint density at radius 2 is 1.86 bits per heavy atom. The summed E-state index contributed by atoms with van der Waals surface area (Å²) in [4.78, 5) is 15.5. The molecule has 152 valence electrons. The number of benzene rings is 2. The van der Waals surface area contributed by atoms with E-state index in [1.54, 1.807) is 73.7 Å². The lowest BCUT2D eigenvalue weighted by Crippen LogP contribution is -2.26. The third kappa shape index (κ3) is 4.96. The van der Waals surface area contributed by atoms with E-state index in [1.165, 1.54) is 6.07 Å². The maximum absolute atomic E-state index is 12.9. The molecule has 29 heavy (non-hydrogen) atoms. The van der Waals surface area contributed by atoms with Gasteiger partial charge in [-0.3, -0.25) is 9.52 Å². The van der Waals surface area contributed by atoms with Crippen LogP contribution in [0.4, 0.5) is 5.69 Å². The predicted molar refractivity (Wildman–Crippen MR) is 115 cm³/mol. The number of anilines is 1. The minimum Gasteiger partial charge on any atom is -0.497 e. The Bertz CT molecular complexity index is 1090. The monoisotopic (exact) mass is 430 g/mol. The number of rotatable bonds is 7. The predicted octanol–water partition coefficient (Wildman–Crippen LogP) is 4.14. The van der Waals surface area contributed by atoms with Crippen LogP contribution in [0.1, 0.15) is 20.8 Å². The molecule has 6 nitrogen and oxygen atoms in total. The number of ether oxygens (including phenoxy) is 1. The average molecular weight is 431 g/mol. The number of hydrogen-bond donors (Lipinski definition) is 1. The van der Waals surface area contributed by atoms with Gasteiger partial charge in [0.2, 0.25) is 0 Å². The van der Waals surface area contributed by atoms with Crippen LogP contribution in [0.15, 0.2) is 64.9 Å². The number of methoxy groups -OCH3 is 1. The van der Waals surface area contributed by atoms with Crippen LogP contribution in [0.2, 0.25) is 0 Å². The minimum atomic E-state index is -3.85. The van der Waals surface area contributed by atoms with E-state index in [0.717, 1.165) is 4.88 Å². The molecule has 0 aliphatic rings. The molecule has 1 heterocycles. The summed E-state index contributed by atoms with van der Waals surface area (Å²) in [6.45, 7) is 2.17. The maximum atomic E-state index is 12.9. The van der Waals surface area contributed by atoms with Gasteiger partial charge in [-0.1, -0.05) is 12.1 Å². The first kappa shape index (κ1) is 20.9. The van der Waals surface area contributed by atoms with Crippen molar-refractivity contribution >= 4 is 33.0 Å². The fraction of sp³-hybridized carbons (Fsp3) is 0.190. The van der Waals surface area contributed by atoms with Gasteiger partial charge in [-0.25, -0.2) is 8.42 Å². The number of nitrogens with one attached hydrogen (secondary N) is 1. The van der Waals surface area contributed by atoms with Gasteiger partial charge in [0.25, 0.3) is 15.9 Å². The number of sulfonamides is 1. The summed E-state index contributed by atoms with van der Waals surface area (Å²) < 4.78 is 33.5. The highest BCUT2D eigenvalue weighted by Gasteiger charge is 2.21. The first-order valence-electron chi connectivity index (χ1n) is 8.85. The van der Waals surface area contributed by atoms with Crippen LogP contribution in [0.25, 0.3) is 0 Å². The summed E-state index contributed by atoms with van der Waals surface area (Å²) >= 11 is 1.57. The van der Waals surface area contributed by atoms with Gasteiger partial charge in [-0.15, -0.1) is 11.3 Å². The van der Waals surface area contributed by atoms with Gasteiger partial charge < -0.3 is 9.64 Å². The van der Waals surface area contributed by atoms with E-state index in [2.05, 4.69) is 4.72 Å². The molecule has 1 aromatic heterocycles. The minimum absolute atomic E-state index is 0.0729. The Morgan fingerprint density at radius 1 is 1.14 bits per heavy atom. The van der Waals surface area contributed by atoms with Gasteiger partial charge in [0.1, 0.15) is 5.75 Å². The van der Waals surface area contributed by atoms with Crippen molar-refractivity contribution < 1.29 is 17.9 Å². The standard InChI is InChI=1S/C21H22N2O4S2/c1-15-6-7-16(21(24)23(2)14-19-5-4-12-28-19)13-20(15)29(25,26)22-17-8-10-18(27-3)11-9-17/h4-13,22H,14H2,1-3H3. The van der Waals surface area contributed by atoms with Crippen LogP contribution in [-0.2, 0) is 16.6 Å². The molecule has 0 saturated carbocycles. The molecule has 0 aliphatic carbocycles. The SMILES string of the molecule is COc1ccc(NS(=O)(=O)c2cc(C(=O)N(C)Cc3cccs3)ccc2C)cc1. The van der Waals surface area contributed by atoms with Gasteiger partial charge in [-0.2, -0.15) is 0 Å². The lowest BCUT2D eigenvalue weighted by Gasteiger charge is -2.18. The molecule has 0 aliphatic heterocycles. The molecule has 0 radical (unpaired) electrons. The zero-order chi connectivity index (χ0) is 21.0. The van der Waals surface area contributed by atoms with E-state index >= 15 is 0 Å². The van der Waals surface area contributed by atoms with Crippen molar-refractivity contribution in [3.63, 3.8) is 0 Å². The van der Waals surface area contributed by atoms with Crippen molar-refractivity contribution in [2.24, 2.45) is 0 Å². The third-order valence-corrected chi connectivity index (χ3v) is 6.77. The molecule has 0 atom stereocenters. The molecule has 0 fully saturated rings. The largest absolute Gasteiger partial charge is 0.497 e.